The van der Waals surface area contributed by atoms with Crippen LogP contribution >= 0.6 is 0 Å². The number of anilines is 1. The molecule has 12 heavy (non-hydrogen) atoms. The van der Waals surface area contributed by atoms with Crippen LogP contribution in [0.1, 0.15) is 19.5 Å². The number of aliphatic hydroxyl groups excluding tert-OH is 1. The zero-order chi connectivity index (χ0) is 9.14. The molecule has 2 atom stereocenters. The lowest BCUT2D eigenvalue weighted by Gasteiger charge is -2.14. The third-order valence-corrected chi connectivity index (χ3v) is 1.69. The summed E-state index contributed by atoms with van der Waals surface area (Å²) in [6.07, 6.45) is 1.15. The smallest absolute Gasteiger partial charge is 0.295 e. The van der Waals surface area contributed by atoms with Gasteiger partial charge in [-0.15, -0.1) is 0 Å². The van der Waals surface area contributed by atoms with Crippen LogP contribution in [0.5, 0.6) is 0 Å². The van der Waals surface area contributed by atoms with Crippen molar-refractivity contribution in [1.82, 2.24) is 4.98 Å². The molecule has 1 heterocycles. The fourth-order valence-corrected chi connectivity index (χ4v) is 0.736. The Kier molecular flexibility index (Phi) is 2.70. The minimum absolute atomic E-state index is 0.0527. The average Bonchev–Trinajstić information content (AvgIpc) is 2.35. The monoisotopic (exact) mass is 170 g/mol. The van der Waals surface area contributed by atoms with Gasteiger partial charge < -0.3 is 14.8 Å². The highest BCUT2D eigenvalue weighted by atomic mass is 16.4. The summed E-state index contributed by atoms with van der Waals surface area (Å²) < 4.78 is 5.05. The van der Waals surface area contributed by atoms with E-state index >= 15 is 0 Å². The summed E-state index contributed by atoms with van der Waals surface area (Å²) in [5.41, 5.74) is 0.829. The number of nitrogens with one attached hydrogen (secondary N) is 1. The Balaban J connectivity index is 2.52. The molecular formula is C8H14N2O2. The molecule has 2 unspecified atom stereocenters. The van der Waals surface area contributed by atoms with Crippen molar-refractivity contribution >= 4 is 6.01 Å². The lowest BCUT2D eigenvalue weighted by atomic mass is 10.2. The zero-order valence-corrected chi connectivity index (χ0v) is 7.53. The first-order chi connectivity index (χ1) is 5.59. The van der Waals surface area contributed by atoms with Crippen LogP contribution in [-0.4, -0.2) is 22.2 Å². The molecule has 0 bridgehead atoms. The first-order valence-corrected chi connectivity index (χ1v) is 3.96. The summed E-state index contributed by atoms with van der Waals surface area (Å²) in [7, 11) is 0. The standard InChI is InChI=1S/C8H14N2O2/c1-5-4-12-8(9-5)10-6(2)7(3)11/h4,6-7,11H,1-3H3,(H,9,10). The Bertz CT molecular complexity index is 245. The van der Waals surface area contributed by atoms with E-state index in [1.54, 1.807) is 13.2 Å². The van der Waals surface area contributed by atoms with Crippen LogP contribution in [0.4, 0.5) is 6.01 Å². The van der Waals surface area contributed by atoms with Crippen molar-refractivity contribution in [2.45, 2.75) is 32.9 Å². The average molecular weight is 170 g/mol. The van der Waals surface area contributed by atoms with E-state index in [0.29, 0.717) is 6.01 Å². The molecule has 0 aliphatic heterocycles. The van der Waals surface area contributed by atoms with Gasteiger partial charge in [-0.2, -0.15) is 4.98 Å². The maximum Gasteiger partial charge on any atom is 0.295 e. The molecule has 0 saturated heterocycles. The van der Waals surface area contributed by atoms with Crippen molar-refractivity contribution in [3.05, 3.63) is 12.0 Å². The molecule has 0 saturated carbocycles. The molecule has 0 amide bonds. The maximum atomic E-state index is 9.16. The highest BCUT2D eigenvalue weighted by Gasteiger charge is 2.10. The third kappa shape index (κ3) is 2.23. The third-order valence-electron chi connectivity index (χ3n) is 1.69. The van der Waals surface area contributed by atoms with Crippen LogP contribution in [-0.2, 0) is 0 Å². The van der Waals surface area contributed by atoms with Gasteiger partial charge in [0.15, 0.2) is 0 Å². The number of hydrogen-bond donors (Lipinski definition) is 2. The Morgan fingerprint density at radius 2 is 2.25 bits per heavy atom. The summed E-state index contributed by atoms with van der Waals surface area (Å²) in [6.45, 7) is 5.43. The molecule has 1 rings (SSSR count). The molecule has 0 aliphatic rings. The van der Waals surface area contributed by atoms with Gasteiger partial charge in [-0.3, -0.25) is 0 Å². The first kappa shape index (κ1) is 9.06. The Labute approximate surface area is 71.6 Å². The van der Waals surface area contributed by atoms with E-state index in [-0.39, 0.29) is 6.04 Å². The van der Waals surface area contributed by atoms with Crippen molar-refractivity contribution in [3.63, 3.8) is 0 Å². The van der Waals surface area contributed by atoms with Crippen LogP contribution in [0.15, 0.2) is 10.7 Å². The van der Waals surface area contributed by atoms with Crippen molar-refractivity contribution in [2.75, 3.05) is 5.32 Å². The van der Waals surface area contributed by atoms with Gasteiger partial charge in [0.25, 0.3) is 6.01 Å². The van der Waals surface area contributed by atoms with E-state index in [1.807, 2.05) is 13.8 Å². The van der Waals surface area contributed by atoms with Crippen molar-refractivity contribution < 1.29 is 9.52 Å². The number of hydrogen-bond acceptors (Lipinski definition) is 4. The van der Waals surface area contributed by atoms with Gasteiger partial charge in [-0.1, -0.05) is 0 Å². The number of aromatic nitrogens is 1. The first-order valence-electron chi connectivity index (χ1n) is 3.96. The number of oxazole rings is 1. The lowest BCUT2D eigenvalue weighted by Crippen LogP contribution is -2.27. The minimum atomic E-state index is -0.419. The second kappa shape index (κ2) is 3.58. The molecule has 0 fully saturated rings. The fraction of sp³-hybridized carbons (Fsp3) is 0.625. The molecule has 0 aliphatic carbocycles. The Morgan fingerprint density at radius 3 is 2.67 bits per heavy atom. The molecule has 1 aromatic heterocycles. The predicted molar refractivity (Wildman–Crippen MR) is 46.0 cm³/mol. The summed E-state index contributed by atoms with van der Waals surface area (Å²) in [5.74, 6) is 0. The summed E-state index contributed by atoms with van der Waals surface area (Å²) in [5, 5.41) is 12.1. The van der Waals surface area contributed by atoms with E-state index in [0.717, 1.165) is 5.69 Å². The van der Waals surface area contributed by atoms with Crippen LogP contribution in [0, 0.1) is 6.92 Å². The summed E-state index contributed by atoms with van der Waals surface area (Å²) in [4.78, 5) is 4.04. The number of rotatable bonds is 3. The molecule has 4 nitrogen and oxygen atoms in total. The molecule has 2 N–H and O–H groups in total. The highest BCUT2D eigenvalue weighted by molar-refractivity contribution is 5.22. The highest BCUT2D eigenvalue weighted by Crippen LogP contribution is 2.08. The fourth-order valence-electron chi connectivity index (χ4n) is 0.736. The molecular weight excluding hydrogens is 156 g/mol. The van der Waals surface area contributed by atoms with E-state index in [1.165, 1.54) is 0 Å². The van der Waals surface area contributed by atoms with E-state index in [2.05, 4.69) is 10.3 Å². The molecule has 1 aromatic rings. The normalized spacial score (nSPS) is 15.7. The van der Waals surface area contributed by atoms with Gasteiger partial charge in [0.2, 0.25) is 0 Å². The topological polar surface area (TPSA) is 58.3 Å². The number of aryl methyl sites for hydroxylation is 1. The van der Waals surface area contributed by atoms with Crippen LogP contribution in [0.2, 0.25) is 0 Å². The predicted octanol–water partition coefficient (Wildman–Crippen LogP) is 1.16. The minimum Gasteiger partial charge on any atom is -0.432 e. The zero-order valence-electron chi connectivity index (χ0n) is 7.53. The van der Waals surface area contributed by atoms with E-state index in [4.69, 9.17) is 9.52 Å². The van der Waals surface area contributed by atoms with Gasteiger partial charge in [-0.05, 0) is 20.8 Å². The number of aliphatic hydroxyl groups is 1. The van der Waals surface area contributed by atoms with E-state index in [9.17, 15) is 0 Å². The van der Waals surface area contributed by atoms with Gasteiger partial charge in [0.1, 0.15) is 6.26 Å². The summed E-state index contributed by atoms with van der Waals surface area (Å²) in [6, 6.07) is 0.406. The van der Waals surface area contributed by atoms with Gasteiger partial charge in [0, 0.05) is 0 Å². The second-order valence-corrected chi connectivity index (χ2v) is 2.97. The molecule has 0 spiro atoms. The van der Waals surface area contributed by atoms with Gasteiger partial charge in [0.05, 0.1) is 17.8 Å². The maximum absolute atomic E-state index is 9.16. The Morgan fingerprint density at radius 1 is 1.58 bits per heavy atom. The van der Waals surface area contributed by atoms with Crippen LogP contribution < -0.4 is 5.32 Å². The SMILES string of the molecule is Cc1coc(NC(C)C(C)O)n1. The number of nitrogens with zero attached hydrogens (tertiary/aromatic N) is 1. The van der Waals surface area contributed by atoms with Gasteiger partial charge >= 0.3 is 0 Å². The van der Waals surface area contributed by atoms with Gasteiger partial charge in [-0.25, -0.2) is 0 Å². The van der Waals surface area contributed by atoms with Crippen molar-refractivity contribution in [1.29, 1.82) is 0 Å². The molecule has 0 radical (unpaired) electrons. The largest absolute Gasteiger partial charge is 0.432 e. The second-order valence-electron chi connectivity index (χ2n) is 2.97. The lowest BCUT2D eigenvalue weighted by molar-refractivity contribution is 0.176. The van der Waals surface area contributed by atoms with E-state index < -0.39 is 6.10 Å². The Hall–Kier alpha value is -1.03. The van der Waals surface area contributed by atoms with Crippen molar-refractivity contribution in [3.8, 4) is 0 Å². The quantitative estimate of drug-likeness (QED) is 0.714. The molecule has 0 aromatic carbocycles. The van der Waals surface area contributed by atoms with Crippen molar-refractivity contribution in [2.24, 2.45) is 0 Å². The molecule has 68 valence electrons. The molecule has 4 heteroatoms. The van der Waals surface area contributed by atoms with Crippen LogP contribution in [0.25, 0.3) is 0 Å². The summed E-state index contributed by atoms with van der Waals surface area (Å²) >= 11 is 0. The van der Waals surface area contributed by atoms with Crippen LogP contribution in [0.3, 0.4) is 0 Å².